The van der Waals surface area contributed by atoms with Gasteiger partial charge in [-0.25, -0.2) is 0 Å². The summed E-state index contributed by atoms with van der Waals surface area (Å²) in [4.78, 5) is 6.04. The molecule has 1 atom stereocenters. The maximum atomic E-state index is 10.0. The maximum absolute atomic E-state index is 10.0. The molecule has 2 N–H and O–H groups in total. The third-order valence-corrected chi connectivity index (χ3v) is 5.26. The van der Waals surface area contributed by atoms with Crippen molar-refractivity contribution >= 4 is 17.8 Å². The number of rotatable bonds is 8. The highest BCUT2D eigenvalue weighted by Crippen LogP contribution is 2.30. The second kappa shape index (κ2) is 10.5. The lowest BCUT2D eigenvalue weighted by molar-refractivity contribution is -0.937. The fourth-order valence-electron chi connectivity index (χ4n) is 3.51. The van der Waals surface area contributed by atoms with Gasteiger partial charge in [-0.1, -0.05) is 11.6 Å². The van der Waals surface area contributed by atoms with Gasteiger partial charge in [0.05, 0.1) is 33.5 Å². The molecule has 0 bridgehead atoms. The Morgan fingerprint density at radius 1 is 1.21 bits per heavy atom. The minimum atomic E-state index is 0.140. The molecule has 0 amide bonds. The van der Waals surface area contributed by atoms with E-state index in [1.165, 1.54) is 4.90 Å². The predicted molar refractivity (Wildman–Crippen MR) is 114 cm³/mol. The number of nitrogens with zero attached hydrogens (tertiary/aromatic N) is 1. The van der Waals surface area contributed by atoms with Gasteiger partial charge in [-0.3, -0.25) is 4.99 Å². The normalized spacial score (nSPS) is 16.1. The number of morpholine rings is 1. The van der Waals surface area contributed by atoms with Crippen LogP contribution in [-0.4, -0.2) is 57.9 Å². The standard InChI is InChI=1S/C22H27ClN2O4/c1-3-29-21-7-4-16(13-22(21)27-2)19(25-8-10-28-11-9-25)15-24-14-17-12-18(23)5-6-20(17)26/h4-7,12-14,19,26H,3,8-11,15H2,1-2H3/p+1/t19-/m0/s1. The van der Waals surface area contributed by atoms with Crippen LogP contribution in [0.3, 0.4) is 0 Å². The molecule has 0 aliphatic carbocycles. The van der Waals surface area contributed by atoms with Crippen molar-refractivity contribution in [1.29, 1.82) is 0 Å². The number of hydrogen-bond donors (Lipinski definition) is 2. The number of ether oxygens (including phenoxy) is 3. The van der Waals surface area contributed by atoms with Crippen molar-refractivity contribution in [3.63, 3.8) is 0 Å². The van der Waals surface area contributed by atoms with Crippen LogP contribution in [-0.2, 0) is 4.74 Å². The molecule has 7 heteroatoms. The van der Waals surface area contributed by atoms with Crippen LogP contribution in [0.15, 0.2) is 41.4 Å². The Labute approximate surface area is 176 Å². The van der Waals surface area contributed by atoms with Crippen molar-refractivity contribution in [2.24, 2.45) is 4.99 Å². The Bertz CT molecular complexity index is 838. The highest BCUT2D eigenvalue weighted by molar-refractivity contribution is 6.30. The van der Waals surface area contributed by atoms with Crippen LogP contribution in [0.1, 0.15) is 24.1 Å². The molecule has 3 rings (SSSR count). The molecule has 1 aliphatic rings. The first-order chi connectivity index (χ1) is 14.1. The third-order valence-electron chi connectivity index (χ3n) is 5.03. The lowest BCUT2D eigenvalue weighted by Crippen LogP contribution is -3.14. The molecule has 1 heterocycles. The van der Waals surface area contributed by atoms with Gasteiger partial charge >= 0.3 is 0 Å². The Hall–Kier alpha value is -2.28. The van der Waals surface area contributed by atoms with Crippen molar-refractivity contribution in [2.75, 3.05) is 46.6 Å². The Morgan fingerprint density at radius 2 is 2.00 bits per heavy atom. The molecule has 2 aromatic rings. The van der Waals surface area contributed by atoms with Crippen LogP contribution < -0.4 is 14.4 Å². The number of phenols is 1. The molecule has 1 saturated heterocycles. The summed E-state index contributed by atoms with van der Waals surface area (Å²) in [7, 11) is 1.65. The summed E-state index contributed by atoms with van der Waals surface area (Å²) in [6.07, 6.45) is 1.68. The number of quaternary nitrogens is 1. The van der Waals surface area contributed by atoms with E-state index in [2.05, 4.69) is 11.1 Å². The Morgan fingerprint density at radius 3 is 2.72 bits per heavy atom. The molecule has 1 fully saturated rings. The number of halogens is 1. The molecule has 156 valence electrons. The van der Waals surface area contributed by atoms with Crippen molar-refractivity contribution in [3.8, 4) is 17.2 Å². The molecule has 29 heavy (non-hydrogen) atoms. The number of aliphatic imine (C=N–C) groups is 1. The topological polar surface area (TPSA) is 64.7 Å². The number of phenolic OH excluding ortho intramolecular Hbond substituents is 1. The summed E-state index contributed by atoms with van der Waals surface area (Å²) in [5.41, 5.74) is 1.74. The minimum Gasteiger partial charge on any atom is -0.507 e. The molecule has 0 aromatic heterocycles. The van der Waals surface area contributed by atoms with E-state index >= 15 is 0 Å². The van der Waals surface area contributed by atoms with Gasteiger partial charge in [0, 0.05) is 22.4 Å². The van der Waals surface area contributed by atoms with Gasteiger partial charge < -0.3 is 24.2 Å². The summed E-state index contributed by atoms with van der Waals surface area (Å²) >= 11 is 6.03. The van der Waals surface area contributed by atoms with Crippen LogP contribution in [0.5, 0.6) is 17.2 Å². The molecule has 1 aliphatic heterocycles. The van der Waals surface area contributed by atoms with E-state index in [1.54, 1.807) is 31.5 Å². The predicted octanol–water partition coefficient (Wildman–Crippen LogP) is 2.53. The summed E-state index contributed by atoms with van der Waals surface area (Å²) in [5.74, 6) is 1.62. The van der Waals surface area contributed by atoms with Crippen LogP contribution in [0, 0.1) is 0 Å². The highest BCUT2D eigenvalue weighted by atomic mass is 35.5. The zero-order valence-electron chi connectivity index (χ0n) is 16.9. The molecule has 0 radical (unpaired) electrons. The first kappa shape index (κ1) is 21.4. The average Bonchev–Trinajstić information content (AvgIpc) is 2.75. The van der Waals surface area contributed by atoms with Gasteiger partial charge in [0.25, 0.3) is 0 Å². The third kappa shape index (κ3) is 5.63. The zero-order chi connectivity index (χ0) is 20.6. The average molecular weight is 420 g/mol. The number of aromatic hydroxyl groups is 1. The first-order valence-corrected chi connectivity index (χ1v) is 10.2. The Balaban J connectivity index is 1.85. The lowest BCUT2D eigenvalue weighted by Gasteiger charge is -2.31. The van der Waals surface area contributed by atoms with Crippen LogP contribution in [0.25, 0.3) is 0 Å². The summed E-state index contributed by atoms with van der Waals surface area (Å²) in [6.45, 7) is 6.40. The van der Waals surface area contributed by atoms with Crippen molar-refractivity contribution in [2.45, 2.75) is 13.0 Å². The molecule has 0 spiro atoms. The van der Waals surface area contributed by atoms with Gasteiger partial charge in [-0.2, -0.15) is 0 Å². The van der Waals surface area contributed by atoms with E-state index in [0.717, 1.165) is 43.4 Å². The minimum absolute atomic E-state index is 0.140. The lowest BCUT2D eigenvalue weighted by atomic mass is 10.0. The largest absolute Gasteiger partial charge is 0.507 e. The number of benzene rings is 2. The summed E-state index contributed by atoms with van der Waals surface area (Å²) in [6, 6.07) is 11.1. The van der Waals surface area contributed by atoms with Gasteiger partial charge in [0.1, 0.15) is 24.9 Å². The van der Waals surface area contributed by atoms with Crippen molar-refractivity contribution < 1.29 is 24.2 Å². The van der Waals surface area contributed by atoms with Crippen LogP contribution >= 0.6 is 11.6 Å². The smallest absolute Gasteiger partial charge is 0.161 e. The molecule has 0 saturated carbocycles. The fraction of sp³-hybridized carbons (Fsp3) is 0.409. The van der Waals surface area contributed by atoms with Gasteiger partial charge in [-0.05, 0) is 43.3 Å². The molecular formula is C22H28ClN2O4+. The molecule has 2 aromatic carbocycles. The highest BCUT2D eigenvalue weighted by Gasteiger charge is 2.27. The monoisotopic (exact) mass is 419 g/mol. The Kier molecular flexibility index (Phi) is 7.75. The van der Waals surface area contributed by atoms with Gasteiger partial charge in [0.2, 0.25) is 0 Å². The van der Waals surface area contributed by atoms with Crippen LogP contribution in [0.4, 0.5) is 0 Å². The van der Waals surface area contributed by atoms with Gasteiger partial charge in [-0.15, -0.1) is 0 Å². The number of methoxy groups -OCH3 is 1. The quantitative estimate of drug-likeness (QED) is 0.645. The van der Waals surface area contributed by atoms with E-state index in [9.17, 15) is 5.11 Å². The SMILES string of the molecule is CCOc1ccc([C@H](CN=Cc2cc(Cl)ccc2O)[NH+]2CCOCC2)cc1OC. The first-order valence-electron chi connectivity index (χ1n) is 9.83. The maximum Gasteiger partial charge on any atom is 0.161 e. The fourth-order valence-corrected chi connectivity index (χ4v) is 3.69. The summed E-state index contributed by atoms with van der Waals surface area (Å²) < 4.78 is 16.7. The number of hydrogen-bond acceptors (Lipinski definition) is 5. The molecule has 0 unspecified atom stereocenters. The van der Waals surface area contributed by atoms with Crippen molar-refractivity contribution in [3.05, 3.63) is 52.5 Å². The van der Waals surface area contributed by atoms with E-state index < -0.39 is 0 Å². The second-order valence-corrected chi connectivity index (χ2v) is 7.30. The molecular weight excluding hydrogens is 392 g/mol. The van der Waals surface area contributed by atoms with Crippen molar-refractivity contribution in [1.82, 2.24) is 0 Å². The summed E-state index contributed by atoms with van der Waals surface area (Å²) in [5, 5.41) is 10.6. The number of nitrogens with one attached hydrogen (secondary N) is 1. The second-order valence-electron chi connectivity index (χ2n) is 6.86. The molecule has 6 nitrogen and oxygen atoms in total. The van der Waals surface area contributed by atoms with Gasteiger partial charge in [0.15, 0.2) is 11.5 Å². The van der Waals surface area contributed by atoms with Crippen LogP contribution in [0.2, 0.25) is 5.02 Å². The van der Waals surface area contributed by atoms with E-state index in [0.29, 0.717) is 23.7 Å². The zero-order valence-corrected chi connectivity index (χ0v) is 17.6. The van der Waals surface area contributed by atoms with E-state index in [1.807, 2.05) is 19.1 Å². The van der Waals surface area contributed by atoms with E-state index in [-0.39, 0.29) is 11.8 Å². The van der Waals surface area contributed by atoms with E-state index in [4.69, 9.17) is 25.8 Å².